The third-order valence-corrected chi connectivity index (χ3v) is 8.57. The van der Waals surface area contributed by atoms with Gasteiger partial charge in [0.05, 0.1) is 6.54 Å². The summed E-state index contributed by atoms with van der Waals surface area (Å²) in [5.41, 5.74) is 4.50. The molecule has 1 fully saturated rings. The normalized spacial score (nSPS) is 21.4. The Labute approximate surface area is 264 Å². The fraction of sp³-hybridized carbons (Fsp3) is 0.531. The molecule has 0 spiro atoms. The number of hydrogen-bond donors (Lipinski definition) is 5. The number of amides is 4. The van der Waals surface area contributed by atoms with Crippen LogP contribution in [0.5, 0.6) is 0 Å². The third kappa shape index (κ3) is 9.93. The molecule has 0 bridgehead atoms. The lowest BCUT2D eigenvalue weighted by molar-refractivity contribution is -0.200. The van der Waals surface area contributed by atoms with Gasteiger partial charge in [0.2, 0.25) is 11.8 Å². The predicted molar refractivity (Wildman–Crippen MR) is 170 cm³/mol. The number of aliphatic hydroxyl groups excluding tert-OH is 3. The van der Waals surface area contributed by atoms with E-state index in [4.69, 9.17) is 4.74 Å². The Balaban J connectivity index is 1.43. The maximum atomic E-state index is 12.2. The molecule has 1 aliphatic rings. The largest absolute Gasteiger partial charge is 0.387 e. The van der Waals surface area contributed by atoms with E-state index < -0.39 is 29.9 Å². The fourth-order valence-corrected chi connectivity index (χ4v) is 5.67. The molecule has 3 rings (SSSR count). The van der Waals surface area contributed by atoms with Crippen LogP contribution in [-0.4, -0.2) is 114 Å². The number of urea groups is 1. The maximum absolute atomic E-state index is 12.2. The van der Waals surface area contributed by atoms with Crippen molar-refractivity contribution in [3.8, 4) is 0 Å². The Bertz CT molecular complexity index is 1260. The number of thioether (sulfide) groups is 1. The van der Waals surface area contributed by atoms with E-state index in [1.807, 2.05) is 37.3 Å². The summed E-state index contributed by atoms with van der Waals surface area (Å²) in [4.78, 5) is 39.0. The van der Waals surface area contributed by atoms with Crippen LogP contribution in [0.2, 0.25) is 0 Å². The van der Waals surface area contributed by atoms with E-state index in [1.54, 1.807) is 27.4 Å². The zero-order chi connectivity index (χ0) is 32.4. The minimum absolute atomic E-state index is 0.105. The summed E-state index contributed by atoms with van der Waals surface area (Å²) in [6, 6.07) is 13.9. The second kappa shape index (κ2) is 16.8. The number of benzene rings is 2. The molecule has 0 saturated carbocycles. The van der Waals surface area contributed by atoms with E-state index in [0.29, 0.717) is 32.4 Å². The molecule has 0 aliphatic carbocycles. The molecule has 1 heterocycles. The highest BCUT2D eigenvalue weighted by atomic mass is 32.2. The van der Waals surface area contributed by atoms with Crippen LogP contribution in [0.4, 0.5) is 4.79 Å². The average molecular weight is 631 g/mol. The van der Waals surface area contributed by atoms with Crippen molar-refractivity contribution >= 4 is 29.6 Å². The van der Waals surface area contributed by atoms with Gasteiger partial charge in [0, 0.05) is 40.7 Å². The van der Waals surface area contributed by atoms with Crippen molar-refractivity contribution in [2.75, 3.05) is 47.0 Å². The Morgan fingerprint density at radius 3 is 2.25 bits per heavy atom. The Hall–Kier alpha value is -3.16. The molecule has 0 radical (unpaired) electrons. The summed E-state index contributed by atoms with van der Waals surface area (Å²) in [5, 5.41) is 36.4. The molecule has 1 saturated heterocycles. The number of aryl methyl sites for hydroxylation is 2. The van der Waals surface area contributed by atoms with E-state index in [2.05, 4.69) is 22.8 Å². The summed E-state index contributed by atoms with van der Waals surface area (Å²) in [6.45, 7) is 2.59. The van der Waals surface area contributed by atoms with Crippen LogP contribution in [0.3, 0.4) is 0 Å². The number of carbonyl (C=O) groups excluding carboxylic acids is 3. The quantitative estimate of drug-likeness (QED) is 0.224. The monoisotopic (exact) mass is 630 g/mol. The number of nitrogens with one attached hydrogen (secondary N) is 2. The number of rotatable bonds is 13. The minimum Gasteiger partial charge on any atom is -0.387 e. The van der Waals surface area contributed by atoms with Gasteiger partial charge in [-0.05, 0) is 60.3 Å². The lowest BCUT2D eigenvalue weighted by atomic mass is 9.91. The first-order valence-corrected chi connectivity index (χ1v) is 16.1. The summed E-state index contributed by atoms with van der Waals surface area (Å²) in [7, 11) is 4.98. The molecular formula is C32H46N4O7S. The summed E-state index contributed by atoms with van der Waals surface area (Å²) in [5.74, 6) is -0.492. The first-order valence-electron chi connectivity index (χ1n) is 14.8. The van der Waals surface area contributed by atoms with E-state index in [0.717, 1.165) is 34.2 Å². The minimum atomic E-state index is -1.29. The van der Waals surface area contributed by atoms with E-state index >= 15 is 0 Å². The smallest absolute Gasteiger partial charge is 0.319 e. The molecule has 44 heavy (non-hydrogen) atoms. The van der Waals surface area contributed by atoms with Crippen LogP contribution in [-0.2, 0) is 27.2 Å². The zero-order valence-corrected chi connectivity index (χ0v) is 27.0. The standard InChI is InChI=1S/C32H46N4O7S/c1-20-9-14-23(30-28(40)27(39)29(41)31(43-30)44-5)18-24(20)17-22-12-10-21(11-13-22)7-6-8-25(37)34-19-26(38)33-15-16-36(4)32(42)35(2)3/h9-14,18,27-31,39-41H,6-8,15-17,19H2,1-5H3,(H,33,38)(H,34,37)/t27-,28-,29+,30+,31-/m1/s1. The van der Waals surface area contributed by atoms with Gasteiger partial charge in [-0.25, -0.2) is 4.79 Å². The van der Waals surface area contributed by atoms with Gasteiger partial charge in [-0.15, -0.1) is 11.8 Å². The van der Waals surface area contributed by atoms with Crippen LogP contribution in [0.1, 0.15) is 46.8 Å². The topological polar surface area (TPSA) is 152 Å². The number of hydrogen-bond acceptors (Lipinski definition) is 8. The SMILES string of the molecule is CS[C@H]1O[C@@H](c2ccc(C)c(Cc3ccc(CCCC(=O)NCC(=O)NCCN(C)C(=O)N(C)C)cc3)c2)[C@H](O)[C@@H](O)[C@@H]1O. The number of nitrogens with zero attached hydrogens (tertiary/aromatic N) is 2. The highest BCUT2D eigenvalue weighted by Crippen LogP contribution is 2.36. The molecule has 5 atom stereocenters. The second-order valence-corrected chi connectivity index (χ2v) is 12.3. The second-order valence-electron chi connectivity index (χ2n) is 11.4. The summed E-state index contributed by atoms with van der Waals surface area (Å²) in [6.07, 6.45) is -0.297. The van der Waals surface area contributed by atoms with Gasteiger partial charge < -0.3 is 40.5 Å². The van der Waals surface area contributed by atoms with Crippen LogP contribution >= 0.6 is 11.8 Å². The van der Waals surface area contributed by atoms with Crippen LogP contribution in [0, 0.1) is 6.92 Å². The van der Waals surface area contributed by atoms with E-state index in [9.17, 15) is 29.7 Å². The number of carbonyl (C=O) groups is 3. The molecular weight excluding hydrogens is 584 g/mol. The third-order valence-electron chi connectivity index (χ3n) is 7.72. The van der Waals surface area contributed by atoms with Crippen molar-refractivity contribution in [3.05, 3.63) is 70.3 Å². The molecule has 12 heteroatoms. The average Bonchev–Trinajstić information content (AvgIpc) is 3.00. The number of ether oxygens (including phenoxy) is 1. The Morgan fingerprint density at radius 2 is 1.59 bits per heavy atom. The first kappa shape index (κ1) is 35.3. The molecule has 0 unspecified atom stereocenters. The van der Waals surface area contributed by atoms with Gasteiger partial charge in [0.15, 0.2) is 0 Å². The van der Waals surface area contributed by atoms with Gasteiger partial charge in [-0.1, -0.05) is 42.5 Å². The van der Waals surface area contributed by atoms with Gasteiger partial charge in [-0.3, -0.25) is 9.59 Å². The highest BCUT2D eigenvalue weighted by Gasteiger charge is 2.44. The van der Waals surface area contributed by atoms with Gasteiger partial charge in [0.25, 0.3) is 0 Å². The summed E-state index contributed by atoms with van der Waals surface area (Å²) >= 11 is 1.29. The molecule has 11 nitrogen and oxygen atoms in total. The van der Waals surface area contributed by atoms with E-state index in [1.165, 1.54) is 21.6 Å². The van der Waals surface area contributed by atoms with Crippen LogP contribution in [0.15, 0.2) is 42.5 Å². The molecule has 2 aromatic carbocycles. The van der Waals surface area contributed by atoms with Crippen molar-refractivity contribution < 1.29 is 34.4 Å². The molecule has 5 N–H and O–H groups in total. The summed E-state index contributed by atoms with van der Waals surface area (Å²) < 4.78 is 5.94. The van der Waals surface area contributed by atoms with Crippen molar-refractivity contribution in [1.82, 2.24) is 20.4 Å². The van der Waals surface area contributed by atoms with Gasteiger partial charge >= 0.3 is 6.03 Å². The predicted octanol–water partition coefficient (Wildman–Crippen LogP) is 1.60. The van der Waals surface area contributed by atoms with Gasteiger partial charge in [0.1, 0.15) is 29.9 Å². The lowest BCUT2D eigenvalue weighted by Crippen LogP contribution is -2.52. The lowest BCUT2D eigenvalue weighted by Gasteiger charge is -2.40. The maximum Gasteiger partial charge on any atom is 0.319 e. The molecule has 0 aromatic heterocycles. The molecule has 1 aliphatic heterocycles. The number of likely N-dealkylation sites (N-methyl/N-ethyl adjacent to an activating group) is 1. The van der Waals surface area contributed by atoms with Crippen molar-refractivity contribution in [3.63, 3.8) is 0 Å². The highest BCUT2D eigenvalue weighted by molar-refractivity contribution is 7.99. The van der Waals surface area contributed by atoms with Crippen molar-refractivity contribution in [2.24, 2.45) is 0 Å². The van der Waals surface area contributed by atoms with Crippen molar-refractivity contribution in [1.29, 1.82) is 0 Å². The Kier molecular flexibility index (Phi) is 13.5. The van der Waals surface area contributed by atoms with Gasteiger partial charge in [-0.2, -0.15) is 0 Å². The number of aliphatic hydroxyl groups is 3. The Morgan fingerprint density at radius 1 is 0.909 bits per heavy atom. The van der Waals surface area contributed by atoms with Crippen molar-refractivity contribution in [2.45, 2.75) is 62.5 Å². The van der Waals surface area contributed by atoms with E-state index in [-0.39, 0.29) is 24.4 Å². The fourth-order valence-electron chi connectivity index (χ4n) is 5.00. The van der Waals surface area contributed by atoms with Crippen LogP contribution < -0.4 is 10.6 Å². The zero-order valence-electron chi connectivity index (χ0n) is 26.2. The first-order chi connectivity index (χ1) is 20.9. The molecule has 242 valence electrons. The molecule has 4 amide bonds. The molecule has 2 aromatic rings. The van der Waals surface area contributed by atoms with Crippen LogP contribution in [0.25, 0.3) is 0 Å².